The Morgan fingerprint density at radius 1 is 1.11 bits per heavy atom. The van der Waals surface area contributed by atoms with E-state index in [4.69, 9.17) is 17.0 Å². The van der Waals surface area contributed by atoms with Crippen LogP contribution in [-0.2, 0) is 4.74 Å². The van der Waals surface area contributed by atoms with Crippen molar-refractivity contribution in [3.05, 3.63) is 69.5 Å². The summed E-state index contributed by atoms with van der Waals surface area (Å²) in [5, 5.41) is 7.34. The highest BCUT2D eigenvalue weighted by atomic mass is 79.9. The Hall–Kier alpha value is -2.22. The van der Waals surface area contributed by atoms with Crippen LogP contribution in [0.3, 0.4) is 0 Å². The van der Waals surface area contributed by atoms with Crippen molar-refractivity contribution in [3.63, 3.8) is 0 Å². The van der Waals surface area contributed by atoms with Crippen molar-refractivity contribution in [3.8, 4) is 11.1 Å². The first-order chi connectivity index (χ1) is 13.0. The lowest BCUT2D eigenvalue weighted by molar-refractivity contribution is 0.0603. The number of esters is 1. The van der Waals surface area contributed by atoms with Gasteiger partial charge in [0.2, 0.25) is 0 Å². The molecule has 3 rings (SSSR count). The van der Waals surface area contributed by atoms with Gasteiger partial charge in [-0.15, -0.1) is 11.3 Å². The third-order valence-electron chi connectivity index (χ3n) is 3.85. The number of nitrogens with one attached hydrogen (secondary N) is 2. The summed E-state index contributed by atoms with van der Waals surface area (Å²) < 4.78 is 5.97. The van der Waals surface area contributed by atoms with E-state index in [9.17, 15) is 4.79 Å². The molecule has 7 heteroatoms. The van der Waals surface area contributed by atoms with Gasteiger partial charge < -0.3 is 15.4 Å². The minimum absolute atomic E-state index is 0.397. The van der Waals surface area contributed by atoms with Crippen LogP contribution in [-0.4, -0.2) is 18.2 Å². The van der Waals surface area contributed by atoms with Gasteiger partial charge in [0.05, 0.1) is 7.11 Å². The molecule has 0 radical (unpaired) electrons. The number of benzene rings is 2. The van der Waals surface area contributed by atoms with Crippen molar-refractivity contribution < 1.29 is 9.53 Å². The largest absolute Gasteiger partial charge is 0.465 e. The number of hydrogen-bond donors (Lipinski definition) is 2. The molecule has 0 fully saturated rings. The van der Waals surface area contributed by atoms with Crippen molar-refractivity contribution in [1.29, 1.82) is 0 Å². The summed E-state index contributed by atoms with van der Waals surface area (Å²) in [5.41, 5.74) is 3.16. The Morgan fingerprint density at radius 2 is 1.85 bits per heavy atom. The maximum atomic E-state index is 12.5. The number of thiocarbonyl (C=S) groups is 1. The van der Waals surface area contributed by atoms with E-state index < -0.39 is 5.97 Å². The van der Waals surface area contributed by atoms with Crippen LogP contribution >= 0.6 is 39.5 Å². The lowest BCUT2D eigenvalue weighted by Gasteiger charge is -2.11. The average molecular weight is 461 g/mol. The molecule has 0 spiro atoms. The van der Waals surface area contributed by atoms with Crippen molar-refractivity contribution in [2.45, 2.75) is 6.92 Å². The smallest absolute Gasteiger partial charge is 0.341 e. The van der Waals surface area contributed by atoms with Gasteiger partial charge in [-0.05, 0) is 42.9 Å². The highest BCUT2D eigenvalue weighted by Gasteiger charge is 2.24. The number of rotatable bonds is 4. The quantitative estimate of drug-likeness (QED) is 0.364. The maximum absolute atomic E-state index is 12.5. The van der Waals surface area contributed by atoms with Crippen molar-refractivity contribution >= 4 is 61.3 Å². The number of carbonyl (C=O) groups is 1. The van der Waals surface area contributed by atoms with E-state index in [-0.39, 0.29) is 0 Å². The van der Waals surface area contributed by atoms with Crippen LogP contribution in [0.25, 0.3) is 11.1 Å². The molecule has 2 aromatic carbocycles. The summed E-state index contributed by atoms with van der Waals surface area (Å²) in [4.78, 5) is 13.5. The molecule has 0 bridgehead atoms. The van der Waals surface area contributed by atoms with Gasteiger partial charge in [-0.25, -0.2) is 4.79 Å². The van der Waals surface area contributed by atoms with Crippen molar-refractivity contribution in [1.82, 2.24) is 0 Å². The fourth-order valence-electron chi connectivity index (χ4n) is 2.71. The van der Waals surface area contributed by atoms with Crippen LogP contribution < -0.4 is 10.6 Å². The molecule has 0 amide bonds. The number of halogens is 1. The zero-order valence-electron chi connectivity index (χ0n) is 14.7. The first-order valence-corrected chi connectivity index (χ1v) is 10.1. The molecule has 138 valence electrons. The summed E-state index contributed by atoms with van der Waals surface area (Å²) in [6, 6.07) is 17.5. The van der Waals surface area contributed by atoms with Gasteiger partial charge in [0.15, 0.2) is 5.11 Å². The lowest BCUT2D eigenvalue weighted by atomic mass is 10.0. The molecular formula is C20H17BrN2O2S2. The van der Waals surface area contributed by atoms with Crippen LogP contribution in [0.4, 0.5) is 10.7 Å². The van der Waals surface area contributed by atoms with Gasteiger partial charge in [-0.1, -0.05) is 52.3 Å². The number of carbonyl (C=O) groups excluding carboxylic acids is 1. The molecule has 4 nitrogen and oxygen atoms in total. The first-order valence-electron chi connectivity index (χ1n) is 8.10. The minimum Gasteiger partial charge on any atom is -0.465 e. The van der Waals surface area contributed by atoms with Gasteiger partial charge >= 0.3 is 5.97 Å². The molecule has 0 aliphatic carbocycles. The summed E-state index contributed by atoms with van der Waals surface area (Å²) >= 11 is 10.3. The van der Waals surface area contributed by atoms with Crippen molar-refractivity contribution in [2.75, 3.05) is 17.7 Å². The first kappa shape index (κ1) is 19.5. The molecule has 1 aromatic heterocycles. The highest BCUT2D eigenvalue weighted by Crippen LogP contribution is 2.40. The molecular weight excluding hydrogens is 444 g/mol. The maximum Gasteiger partial charge on any atom is 0.341 e. The molecule has 3 aromatic rings. The second-order valence-corrected chi connectivity index (χ2v) is 8.23. The minimum atomic E-state index is -0.397. The van der Waals surface area contributed by atoms with Crippen LogP contribution in [0.5, 0.6) is 0 Å². The number of methoxy groups -OCH3 is 1. The molecule has 0 aliphatic rings. The zero-order valence-corrected chi connectivity index (χ0v) is 17.9. The summed E-state index contributed by atoms with van der Waals surface area (Å²) in [7, 11) is 1.38. The molecule has 1 heterocycles. The Labute approximate surface area is 175 Å². The third kappa shape index (κ3) is 4.55. The predicted molar refractivity (Wildman–Crippen MR) is 120 cm³/mol. The summed E-state index contributed by atoms with van der Waals surface area (Å²) in [5.74, 6) is -0.397. The highest BCUT2D eigenvalue weighted by molar-refractivity contribution is 9.10. The number of anilines is 2. The number of thiophene rings is 1. The number of ether oxygens (including phenoxy) is 1. The van der Waals surface area contributed by atoms with E-state index in [1.54, 1.807) is 0 Å². The van der Waals surface area contributed by atoms with Gasteiger partial charge in [0.25, 0.3) is 0 Å². The van der Waals surface area contributed by atoms with E-state index in [0.717, 1.165) is 26.2 Å². The van der Waals surface area contributed by atoms with Crippen LogP contribution in [0.2, 0.25) is 0 Å². The molecule has 2 N–H and O–H groups in total. The van der Waals surface area contributed by atoms with Gasteiger partial charge in [0.1, 0.15) is 10.6 Å². The Bertz CT molecular complexity index is 987. The summed E-state index contributed by atoms with van der Waals surface area (Å²) in [6.07, 6.45) is 0. The second-order valence-electron chi connectivity index (χ2n) is 5.68. The molecule has 0 aliphatic heterocycles. The molecule has 0 saturated heterocycles. The van der Waals surface area contributed by atoms with Gasteiger partial charge in [-0.2, -0.15) is 0 Å². The molecule has 0 saturated carbocycles. The van der Waals surface area contributed by atoms with Crippen LogP contribution in [0.1, 0.15) is 15.2 Å². The molecule has 0 atom stereocenters. The van der Waals surface area contributed by atoms with Crippen molar-refractivity contribution in [2.24, 2.45) is 0 Å². The standard InChI is InChI=1S/C20H17BrN2O2S2/c1-12-16(13-7-4-3-5-8-13)17(19(24)25-2)18(27-12)23-20(26)22-15-10-6-9-14(21)11-15/h3-11H,1-2H3,(H2,22,23,26). The molecule has 0 unspecified atom stereocenters. The van der Waals surface area contributed by atoms with E-state index in [1.807, 2.05) is 61.5 Å². The Balaban J connectivity index is 1.93. The SMILES string of the molecule is COC(=O)c1c(NC(=S)Nc2cccc(Br)c2)sc(C)c1-c1ccccc1. The van der Waals surface area contributed by atoms with Gasteiger partial charge in [0, 0.05) is 20.6 Å². The van der Waals surface area contributed by atoms with Crippen LogP contribution in [0.15, 0.2) is 59.1 Å². The Kier molecular flexibility index (Phi) is 6.26. The fraction of sp³-hybridized carbons (Fsp3) is 0.100. The lowest BCUT2D eigenvalue weighted by Crippen LogP contribution is -2.20. The monoisotopic (exact) mass is 460 g/mol. The summed E-state index contributed by atoms with van der Waals surface area (Å²) in [6.45, 7) is 1.98. The second kappa shape index (κ2) is 8.65. The third-order valence-corrected chi connectivity index (χ3v) is 5.56. The molecule has 27 heavy (non-hydrogen) atoms. The topological polar surface area (TPSA) is 50.4 Å². The van der Waals surface area contributed by atoms with E-state index in [0.29, 0.717) is 15.7 Å². The van der Waals surface area contributed by atoms with E-state index in [1.165, 1.54) is 18.4 Å². The van der Waals surface area contributed by atoms with E-state index >= 15 is 0 Å². The number of aryl methyl sites for hydroxylation is 1. The predicted octanol–water partition coefficient (Wildman–Crippen LogP) is 6.08. The normalized spacial score (nSPS) is 10.3. The Morgan fingerprint density at radius 3 is 2.52 bits per heavy atom. The fourth-order valence-corrected chi connectivity index (χ4v) is 4.47. The average Bonchev–Trinajstić information content (AvgIpc) is 2.97. The number of hydrogen-bond acceptors (Lipinski definition) is 4. The van der Waals surface area contributed by atoms with Crippen LogP contribution in [0, 0.1) is 6.92 Å². The van der Waals surface area contributed by atoms with Gasteiger partial charge in [-0.3, -0.25) is 0 Å². The zero-order chi connectivity index (χ0) is 19.4. The van der Waals surface area contributed by atoms with E-state index in [2.05, 4.69) is 26.6 Å².